The van der Waals surface area contributed by atoms with E-state index in [0.29, 0.717) is 19.1 Å². The van der Waals surface area contributed by atoms with Crippen molar-refractivity contribution in [2.24, 2.45) is 5.92 Å². The summed E-state index contributed by atoms with van der Waals surface area (Å²) < 4.78 is 5.36. The number of nitrogens with zero attached hydrogens (tertiary/aromatic N) is 1. The predicted molar refractivity (Wildman–Crippen MR) is 77.4 cm³/mol. The maximum Gasteiger partial charge on any atom is 0.253 e. The lowest BCUT2D eigenvalue weighted by Gasteiger charge is -2.40. The second kappa shape index (κ2) is 5.48. The molecule has 0 radical (unpaired) electrons. The summed E-state index contributed by atoms with van der Waals surface area (Å²) in [5.41, 5.74) is -0.161. The Labute approximate surface area is 124 Å². The van der Waals surface area contributed by atoms with Crippen LogP contribution in [0.25, 0.3) is 0 Å². The van der Waals surface area contributed by atoms with Crippen molar-refractivity contribution in [2.45, 2.75) is 18.9 Å². The first-order valence-corrected chi connectivity index (χ1v) is 7.33. The van der Waals surface area contributed by atoms with Gasteiger partial charge in [-0.05, 0) is 18.9 Å². The smallest absolute Gasteiger partial charge is 0.253 e. The number of carbonyl (C=O) groups is 2. The fourth-order valence-electron chi connectivity index (χ4n) is 3.09. The zero-order chi connectivity index (χ0) is 14.9. The van der Waals surface area contributed by atoms with Crippen molar-refractivity contribution in [1.29, 1.82) is 0 Å². The average Bonchev–Trinajstić information content (AvgIpc) is 2.98. The molecule has 2 saturated heterocycles. The van der Waals surface area contributed by atoms with Gasteiger partial charge >= 0.3 is 0 Å². The quantitative estimate of drug-likeness (QED) is 0.899. The second-order valence-electron chi connectivity index (χ2n) is 5.95. The number of hydrogen-bond acceptors (Lipinski definition) is 3. The van der Waals surface area contributed by atoms with Crippen LogP contribution in [0.2, 0.25) is 0 Å². The van der Waals surface area contributed by atoms with Crippen LogP contribution in [-0.4, -0.2) is 43.0 Å². The van der Waals surface area contributed by atoms with Crippen LogP contribution in [0.3, 0.4) is 0 Å². The summed E-state index contributed by atoms with van der Waals surface area (Å²) in [5.74, 6) is 0.181. The van der Waals surface area contributed by atoms with Crippen molar-refractivity contribution in [2.75, 3.05) is 26.3 Å². The van der Waals surface area contributed by atoms with E-state index >= 15 is 0 Å². The largest absolute Gasteiger partial charge is 0.381 e. The zero-order valence-corrected chi connectivity index (χ0v) is 12.2. The predicted octanol–water partition coefficient (Wildman–Crippen LogP) is 0.897. The van der Waals surface area contributed by atoms with Crippen molar-refractivity contribution >= 4 is 11.8 Å². The highest BCUT2D eigenvalue weighted by Gasteiger charge is 2.44. The third-order valence-electron chi connectivity index (χ3n) is 4.29. The van der Waals surface area contributed by atoms with E-state index in [-0.39, 0.29) is 18.4 Å². The van der Waals surface area contributed by atoms with E-state index in [1.54, 1.807) is 11.8 Å². The van der Waals surface area contributed by atoms with Gasteiger partial charge in [0, 0.05) is 19.1 Å². The summed E-state index contributed by atoms with van der Waals surface area (Å²) in [5, 5.41) is 2.85. The van der Waals surface area contributed by atoms with Crippen molar-refractivity contribution in [3.8, 4) is 0 Å². The van der Waals surface area contributed by atoms with Crippen LogP contribution in [0.1, 0.15) is 18.9 Å². The number of carbonyl (C=O) groups excluding carboxylic acids is 2. The fourth-order valence-corrected chi connectivity index (χ4v) is 3.09. The lowest BCUT2D eigenvalue weighted by atomic mass is 9.88. The first kappa shape index (κ1) is 14.1. The van der Waals surface area contributed by atoms with Crippen LogP contribution >= 0.6 is 0 Å². The normalized spacial score (nSPS) is 29.6. The third kappa shape index (κ3) is 2.65. The molecule has 1 aromatic carbocycles. The summed E-state index contributed by atoms with van der Waals surface area (Å²) in [6.45, 7) is 3.93. The first-order chi connectivity index (χ1) is 10.1. The van der Waals surface area contributed by atoms with E-state index in [4.69, 9.17) is 4.74 Å². The second-order valence-corrected chi connectivity index (χ2v) is 5.95. The van der Waals surface area contributed by atoms with Crippen LogP contribution in [0.4, 0.5) is 0 Å². The minimum Gasteiger partial charge on any atom is -0.381 e. The molecule has 3 rings (SSSR count). The van der Waals surface area contributed by atoms with Gasteiger partial charge in [0.15, 0.2) is 0 Å². The first-order valence-electron chi connectivity index (χ1n) is 7.33. The zero-order valence-electron chi connectivity index (χ0n) is 12.2. The highest BCUT2D eigenvalue weighted by molar-refractivity contribution is 5.98. The molecule has 5 heteroatoms. The van der Waals surface area contributed by atoms with E-state index < -0.39 is 5.54 Å². The van der Waals surface area contributed by atoms with Gasteiger partial charge < -0.3 is 15.0 Å². The van der Waals surface area contributed by atoms with Crippen LogP contribution in [0.15, 0.2) is 30.3 Å². The minimum absolute atomic E-state index is 0.0415. The van der Waals surface area contributed by atoms with E-state index in [0.717, 1.165) is 18.6 Å². The SMILES string of the molecule is CC1(c2ccccc2)NC(=O)CN(CC2CCOC2)C1=O. The number of rotatable bonds is 3. The Kier molecular flexibility index (Phi) is 3.68. The lowest BCUT2D eigenvalue weighted by Crippen LogP contribution is -2.63. The summed E-state index contributed by atoms with van der Waals surface area (Å²) in [4.78, 5) is 26.6. The Bertz CT molecular complexity index is 540. The standard InChI is InChI=1S/C16H20N2O3/c1-16(13-5-3-2-4-6-13)15(20)18(10-14(19)17-16)9-12-7-8-21-11-12/h2-6,12H,7-11H2,1H3,(H,17,19). The topological polar surface area (TPSA) is 58.6 Å². The van der Waals surface area contributed by atoms with Gasteiger partial charge in [-0.15, -0.1) is 0 Å². The van der Waals surface area contributed by atoms with Crippen molar-refractivity contribution < 1.29 is 14.3 Å². The molecule has 2 fully saturated rings. The van der Waals surface area contributed by atoms with Gasteiger partial charge in [0.25, 0.3) is 5.91 Å². The minimum atomic E-state index is -0.976. The molecule has 0 aromatic heterocycles. The maximum atomic E-state index is 12.9. The molecular formula is C16H20N2O3. The van der Waals surface area contributed by atoms with Gasteiger partial charge in [0.05, 0.1) is 13.2 Å². The molecule has 1 aromatic rings. The molecule has 2 unspecified atom stereocenters. The fraction of sp³-hybridized carbons (Fsp3) is 0.500. The number of hydrogen-bond donors (Lipinski definition) is 1. The third-order valence-corrected chi connectivity index (χ3v) is 4.29. The highest BCUT2D eigenvalue weighted by Crippen LogP contribution is 2.27. The van der Waals surface area contributed by atoms with E-state index in [1.165, 1.54) is 0 Å². The van der Waals surface area contributed by atoms with Crippen LogP contribution in [0, 0.1) is 5.92 Å². The molecule has 0 aliphatic carbocycles. The van der Waals surface area contributed by atoms with Crippen LogP contribution in [0.5, 0.6) is 0 Å². The number of nitrogens with one attached hydrogen (secondary N) is 1. The molecule has 2 aliphatic rings. The van der Waals surface area contributed by atoms with Crippen LogP contribution in [-0.2, 0) is 19.9 Å². The van der Waals surface area contributed by atoms with E-state index in [2.05, 4.69) is 5.32 Å². The van der Waals surface area contributed by atoms with Gasteiger partial charge in [0.2, 0.25) is 5.91 Å². The van der Waals surface area contributed by atoms with Crippen molar-refractivity contribution in [3.63, 3.8) is 0 Å². The molecule has 2 heterocycles. The molecule has 0 spiro atoms. The Hall–Kier alpha value is -1.88. The van der Waals surface area contributed by atoms with Crippen molar-refractivity contribution in [3.05, 3.63) is 35.9 Å². The van der Waals surface area contributed by atoms with Gasteiger partial charge in [-0.1, -0.05) is 30.3 Å². The molecule has 2 aliphatic heterocycles. The molecule has 21 heavy (non-hydrogen) atoms. The monoisotopic (exact) mass is 288 g/mol. The molecule has 112 valence electrons. The Morgan fingerprint density at radius 2 is 2.10 bits per heavy atom. The Morgan fingerprint density at radius 3 is 2.76 bits per heavy atom. The Balaban J connectivity index is 1.84. The van der Waals surface area contributed by atoms with Crippen LogP contribution < -0.4 is 5.32 Å². The van der Waals surface area contributed by atoms with E-state index in [1.807, 2.05) is 30.3 Å². The molecule has 5 nitrogen and oxygen atoms in total. The summed E-state index contributed by atoms with van der Waals surface area (Å²) in [6.07, 6.45) is 0.952. The van der Waals surface area contributed by atoms with Gasteiger partial charge in [-0.3, -0.25) is 9.59 Å². The molecule has 2 amide bonds. The van der Waals surface area contributed by atoms with Gasteiger partial charge in [-0.2, -0.15) is 0 Å². The summed E-state index contributed by atoms with van der Waals surface area (Å²) in [7, 11) is 0. The molecular weight excluding hydrogens is 268 g/mol. The lowest BCUT2D eigenvalue weighted by molar-refractivity contribution is -0.150. The van der Waals surface area contributed by atoms with Crippen molar-refractivity contribution in [1.82, 2.24) is 10.2 Å². The average molecular weight is 288 g/mol. The Morgan fingerprint density at radius 1 is 1.33 bits per heavy atom. The molecule has 0 saturated carbocycles. The number of amides is 2. The maximum absolute atomic E-state index is 12.9. The number of ether oxygens (including phenoxy) is 1. The molecule has 2 atom stereocenters. The highest BCUT2D eigenvalue weighted by atomic mass is 16.5. The van der Waals surface area contributed by atoms with E-state index in [9.17, 15) is 9.59 Å². The number of piperazine rings is 1. The van der Waals surface area contributed by atoms with Gasteiger partial charge in [-0.25, -0.2) is 0 Å². The summed E-state index contributed by atoms with van der Waals surface area (Å²) >= 11 is 0. The van der Waals surface area contributed by atoms with Gasteiger partial charge in [0.1, 0.15) is 5.54 Å². The molecule has 0 bridgehead atoms. The molecule has 1 N–H and O–H groups in total. The number of benzene rings is 1. The summed E-state index contributed by atoms with van der Waals surface area (Å²) in [6, 6.07) is 9.41.